The quantitative estimate of drug-likeness (QED) is 0.861. The normalized spacial score (nSPS) is 12.9. The zero-order chi connectivity index (χ0) is 17.9. The van der Waals surface area contributed by atoms with Crippen molar-refractivity contribution >= 4 is 12.1 Å². The van der Waals surface area contributed by atoms with Gasteiger partial charge in [0.2, 0.25) is 0 Å². The van der Waals surface area contributed by atoms with Crippen molar-refractivity contribution in [2.45, 2.75) is 53.2 Å². The molecule has 0 aliphatic carbocycles. The highest BCUT2D eigenvalue weighted by Crippen LogP contribution is 2.24. The van der Waals surface area contributed by atoms with Crippen LogP contribution in [0.1, 0.15) is 62.7 Å². The number of carbonyl (C=O) groups excluding carboxylic acids is 2. The Morgan fingerprint density at radius 3 is 2.26 bits per heavy atom. The number of hydrogen-bond donors (Lipinski definition) is 1. The molecule has 1 rings (SSSR count). The molecule has 7 heteroatoms. The van der Waals surface area contributed by atoms with E-state index in [0.29, 0.717) is 11.5 Å². The largest absolute Gasteiger partial charge is 0.464 e. The van der Waals surface area contributed by atoms with E-state index in [1.54, 1.807) is 39.3 Å². The molecule has 1 heterocycles. The molecule has 0 aromatic carbocycles. The van der Waals surface area contributed by atoms with E-state index in [1.165, 1.54) is 7.11 Å². The van der Waals surface area contributed by atoms with Gasteiger partial charge in [0, 0.05) is 12.7 Å². The third-order valence-electron chi connectivity index (χ3n) is 3.41. The summed E-state index contributed by atoms with van der Waals surface area (Å²) in [6.07, 6.45) is -0.517. The molecule has 0 aliphatic rings. The number of nitrogens with one attached hydrogen (secondary N) is 1. The molecule has 130 valence electrons. The highest BCUT2D eigenvalue weighted by atomic mass is 16.6. The van der Waals surface area contributed by atoms with Gasteiger partial charge in [-0.15, -0.1) is 0 Å². The lowest BCUT2D eigenvalue weighted by molar-refractivity contribution is 0.0485. The van der Waals surface area contributed by atoms with Crippen LogP contribution in [0.4, 0.5) is 4.79 Å². The fourth-order valence-electron chi connectivity index (χ4n) is 2.13. The predicted octanol–water partition coefficient (Wildman–Crippen LogP) is 2.74. The molecule has 7 nitrogen and oxygen atoms in total. The number of methoxy groups -OCH3 is 1. The highest BCUT2D eigenvalue weighted by molar-refractivity contribution is 5.88. The van der Waals surface area contributed by atoms with Crippen LogP contribution >= 0.6 is 0 Å². The van der Waals surface area contributed by atoms with Crippen molar-refractivity contribution in [2.75, 3.05) is 7.11 Å². The summed E-state index contributed by atoms with van der Waals surface area (Å²) in [5.41, 5.74) is 0.352. The van der Waals surface area contributed by atoms with Crippen molar-refractivity contribution in [3.63, 3.8) is 0 Å². The Kier molecular flexibility index (Phi) is 5.80. The monoisotopic (exact) mass is 325 g/mol. The second kappa shape index (κ2) is 7.02. The first-order valence-corrected chi connectivity index (χ1v) is 7.59. The van der Waals surface area contributed by atoms with Crippen LogP contribution in [0, 0.1) is 12.8 Å². The van der Waals surface area contributed by atoms with Gasteiger partial charge >= 0.3 is 12.1 Å². The molecule has 1 amide bonds. The van der Waals surface area contributed by atoms with Crippen molar-refractivity contribution < 1.29 is 19.1 Å². The van der Waals surface area contributed by atoms with Gasteiger partial charge in [0.25, 0.3) is 0 Å². The average Bonchev–Trinajstić information content (AvgIpc) is 2.70. The zero-order valence-electron chi connectivity index (χ0n) is 15.2. The zero-order valence-corrected chi connectivity index (χ0v) is 15.2. The maximum Gasteiger partial charge on any atom is 0.408 e. The van der Waals surface area contributed by atoms with Crippen LogP contribution in [0.3, 0.4) is 0 Å². The average molecular weight is 325 g/mol. The lowest BCUT2D eigenvalue weighted by atomic mass is 10.0. The van der Waals surface area contributed by atoms with Crippen molar-refractivity contribution in [1.82, 2.24) is 14.9 Å². The first-order chi connectivity index (χ1) is 10.5. The summed E-state index contributed by atoms with van der Waals surface area (Å²) in [6, 6.07) is -0.382. The van der Waals surface area contributed by atoms with Crippen LogP contribution in [0.2, 0.25) is 0 Å². The van der Waals surface area contributed by atoms with E-state index in [2.05, 4.69) is 10.3 Å². The second-order valence-electron chi connectivity index (χ2n) is 6.82. The van der Waals surface area contributed by atoms with Gasteiger partial charge in [-0.1, -0.05) is 13.8 Å². The van der Waals surface area contributed by atoms with Gasteiger partial charge < -0.3 is 19.4 Å². The lowest BCUT2D eigenvalue weighted by Crippen LogP contribution is -2.37. The first kappa shape index (κ1) is 19.0. The van der Waals surface area contributed by atoms with Crippen LogP contribution in [0.15, 0.2) is 0 Å². The minimum Gasteiger partial charge on any atom is -0.464 e. The summed E-state index contributed by atoms with van der Waals surface area (Å²) in [7, 11) is 3.12. The molecule has 1 N–H and O–H groups in total. The fourth-order valence-corrected chi connectivity index (χ4v) is 2.13. The Morgan fingerprint density at radius 1 is 1.26 bits per heavy atom. The first-order valence-electron chi connectivity index (χ1n) is 7.59. The minimum absolute atomic E-state index is 0.0634. The van der Waals surface area contributed by atoms with E-state index >= 15 is 0 Å². The summed E-state index contributed by atoms with van der Waals surface area (Å²) >= 11 is 0. The molecule has 0 radical (unpaired) electrons. The Morgan fingerprint density at radius 2 is 1.83 bits per heavy atom. The minimum atomic E-state index is -0.583. The topological polar surface area (TPSA) is 82.4 Å². The van der Waals surface area contributed by atoms with Crippen molar-refractivity contribution in [2.24, 2.45) is 13.0 Å². The summed E-state index contributed by atoms with van der Waals surface area (Å²) in [5.74, 6) is 0.154. The van der Waals surface area contributed by atoms with Crippen LogP contribution in [0.5, 0.6) is 0 Å². The van der Waals surface area contributed by atoms with E-state index in [9.17, 15) is 9.59 Å². The van der Waals surface area contributed by atoms with E-state index in [-0.39, 0.29) is 17.7 Å². The van der Waals surface area contributed by atoms with E-state index < -0.39 is 17.7 Å². The van der Waals surface area contributed by atoms with E-state index in [0.717, 1.165) is 0 Å². The molecule has 0 unspecified atom stereocenters. The Labute approximate surface area is 137 Å². The van der Waals surface area contributed by atoms with Crippen LogP contribution < -0.4 is 5.32 Å². The molecule has 1 aromatic heterocycles. The number of nitrogens with zero attached hydrogens (tertiary/aromatic N) is 2. The van der Waals surface area contributed by atoms with Crippen molar-refractivity contribution in [1.29, 1.82) is 0 Å². The van der Waals surface area contributed by atoms with Crippen molar-refractivity contribution in [3.8, 4) is 0 Å². The molecule has 0 spiro atoms. The SMILES string of the molecule is COC(=O)c1nc([C@H](NC(=O)OC(C)(C)C)C(C)C)n(C)c1C. The summed E-state index contributed by atoms with van der Waals surface area (Å²) in [5, 5.41) is 2.83. The summed E-state index contributed by atoms with van der Waals surface area (Å²) < 4.78 is 11.8. The van der Waals surface area contributed by atoms with Gasteiger partial charge in [0.05, 0.1) is 13.2 Å². The standard InChI is InChI=1S/C16H27N3O4/c1-9(2)11(18-15(21)23-16(4,5)6)13-17-12(14(20)22-8)10(3)19(13)7/h9,11H,1-8H3,(H,18,21)/t11-/m1/s1. The Hall–Kier alpha value is -2.05. The second-order valence-corrected chi connectivity index (χ2v) is 6.82. The number of hydrogen-bond acceptors (Lipinski definition) is 5. The number of imidazole rings is 1. The molecule has 0 bridgehead atoms. The summed E-state index contributed by atoms with van der Waals surface area (Å²) in [6.45, 7) is 11.1. The number of amides is 1. The smallest absolute Gasteiger partial charge is 0.408 e. The van der Waals surface area contributed by atoms with Crippen LogP contribution in [-0.4, -0.2) is 34.3 Å². The number of carbonyl (C=O) groups is 2. The van der Waals surface area contributed by atoms with E-state index in [4.69, 9.17) is 9.47 Å². The predicted molar refractivity (Wildman–Crippen MR) is 86.2 cm³/mol. The third kappa shape index (κ3) is 4.71. The molecule has 23 heavy (non-hydrogen) atoms. The molecular formula is C16H27N3O4. The number of ether oxygens (including phenoxy) is 2. The Balaban J connectivity index is 3.12. The van der Waals surface area contributed by atoms with Gasteiger partial charge in [-0.05, 0) is 33.6 Å². The number of aromatic nitrogens is 2. The van der Waals surface area contributed by atoms with E-state index in [1.807, 2.05) is 13.8 Å². The van der Waals surface area contributed by atoms with Crippen LogP contribution in [-0.2, 0) is 16.5 Å². The molecule has 1 atom stereocenters. The summed E-state index contributed by atoms with van der Waals surface area (Å²) in [4.78, 5) is 28.2. The number of rotatable bonds is 4. The van der Waals surface area contributed by atoms with Gasteiger partial charge in [-0.3, -0.25) is 0 Å². The van der Waals surface area contributed by atoms with Gasteiger partial charge in [0.15, 0.2) is 5.69 Å². The third-order valence-corrected chi connectivity index (χ3v) is 3.41. The molecule has 0 saturated carbocycles. The maximum atomic E-state index is 12.1. The number of esters is 1. The molecule has 0 saturated heterocycles. The lowest BCUT2D eigenvalue weighted by Gasteiger charge is -2.25. The fraction of sp³-hybridized carbons (Fsp3) is 0.688. The maximum absolute atomic E-state index is 12.1. The van der Waals surface area contributed by atoms with Gasteiger partial charge in [-0.2, -0.15) is 0 Å². The molecule has 1 aromatic rings. The van der Waals surface area contributed by atoms with Crippen LogP contribution in [0.25, 0.3) is 0 Å². The molecular weight excluding hydrogens is 298 g/mol. The van der Waals surface area contributed by atoms with Crippen molar-refractivity contribution in [3.05, 3.63) is 17.2 Å². The molecule has 0 aliphatic heterocycles. The Bertz CT molecular complexity index is 585. The van der Waals surface area contributed by atoms with Gasteiger partial charge in [0.1, 0.15) is 11.4 Å². The number of alkyl carbamates (subject to hydrolysis) is 1. The van der Waals surface area contributed by atoms with Gasteiger partial charge in [-0.25, -0.2) is 14.6 Å². The highest BCUT2D eigenvalue weighted by Gasteiger charge is 2.28. The molecule has 0 fully saturated rings.